The molecule has 1 heterocycles. The monoisotopic (exact) mass is 260 g/mol. The fraction of sp³-hybridized carbons (Fsp3) is 0.154. The molecule has 6 heteroatoms. The largest absolute Gasteiger partial charge is 0.494 e. The molecule has 0 saturated heterocycles. The minimum absolute atomic E-state index is 0.0516. The number of Topliss-reactive ketones (excluding diaryl/α,β-unsaturated/α-hetero) is 1. The van der Waals surface area contributed by atoms with E-state index in [0.717, 1.165) is 5.56 Å². The van der Waals surface area contributed by atoms with Crippen molar-refractivity contribution in [2.24, 2.45) is 0 Å². The maximum atomic E-state index is 11.3. The number of hydrogen-bond acceptors (Lipinski definition) is 4. The van der Waals surface area contributed by atoms with E-state index in [0.29, 0.717) is 18.2 Å². The quantitative estimate of drug-likeness (QED) is 0.631. The summed E-state index contributed by atoms with van der Waals surface area (Å²) >= 11 is 0. The highest BCUT2D eigenvalue weighted by Gasteiger charge is 2.17. The average molecular weight is 260 g/mol. The van der Waals surface area contributed by atoms with Crippen LogP contribution in [-0.4, -0.2) is 33.4 Å². The highest BCUT2D eigenvalue weighted by molar-refractivity contribution is 6.39. The third kappa shape index (κ3) is 2.79. The van der Waals surface area contributed by atoms with E-state index in [1.807, 2.05) is 6.92 Å². The summed E-state index contributed by atoms with van der Waals surface area (Å²) < 4.78 is 5.36. The molecule has 2 aromatic rings. The van der Waals surface area contributed by atoms with Gasteiger partial charge in [-0.25, -0.2) is 9.78 Å². The number of carboxylic acids is 1. The third-order valence-corrected chi connectivity index (χ3v) is 2.43. The summed E-state index contributed by atoms with van der Waals surface area (Å²) in [5, 5.41) is 8.61. The zero-order valence-electron chi connectivity index (χ0n) is 10.2. The van der Waals surface area contributed by atoms with Crippen LogP contribution in [0.2, 0.25) is 0 Å². The fourth-order valence-electron chi connectivity index (χ4n) is 1.60. The summed E-state index contributed by atoms with van der Waals surface area (Å²) in [5.41, 5.74) is 0.666. The lowest BCUT2D eigenvalue weighted by Gasteiger charge is -2.04. The molecular formula is C13H12N2O4. The number of rotatable bonds is 5. The predicted octanol–water partition coefficient (Wildman–Crippen LogP) is 1.74. The second-order valence-corrected chi connectivity index (χ2v) is 3.74. The smallest absolute Gasteiger partial charge is 0.378 e. The molecule has 1 aromatic heterocycles. The number of ketones is 1. The Morgan fingerprint density at radius 1 is 1.42 bits per heavy atom. The number of carbonyl (C=O) groups is 2. The van der Waals surface area contributed by atoms with Gasteiger partial charge < -0.3 is 14.8 Å². The van der Waals surface area contributed by atoms with Gasteiger partial charge in [-0.05, 0) is 19.1 Å². The highest BCUT2D eigenvalue weighted by atomic mass is 16.5. The Bertz CT molecular complexity index is 619. The van der Waals surface area contributed by atoms with Gasteiger partial charge in [-0.15, -0.1) is 0 Å². The molecule has 0 bridgehead atoms. The average Bonchev–Trinajstić information content (AvgIpc) is 2.88. The number of aromatic nitrogens is 2. The number of H-pyrrole nitrogens is 1. The zero-order valence-corrected chi connectivity index (χ0v) is 10.2. The van der Waals surface area contributed by atoms with E-state index in [9.17, 15) is 9.59 Å². The van der Waals surface area contributed by atoms with E-state index in [1.54, 1.807) is 24.3 Å². The van der Waals surface area contributed by atoms with Crippen LogP contribution in [0.5, 0.6) is 5.75 Å². The molecule has 0 aliphatic carbocycles. The SMILES string of the molecule is CCOc1cccc(-c2ncc(C(=O)C(=O)O)[nH]2)c1. The number of carbonyl (C=O) groups excluding carboxylic acids is 1. The number of ether oxygens (including phenoxy) is 1. The van der Waals surface area contributed by atoms with Gasteiger partial charge in [-0.2, -0.15) is 0 Å². The van der Waals surface area contributed by atoms with Gasteiger partial charge in [0.1, 0.15) is 17.3 Å². The Hall–Kier alpha value is -2.63. The Balaban J connectivity index is 2.30. The number of imidazole rings is 1. The number of benzene rings is 1. The van der Waals surface area contributed by atoms with Crippen molar-refractivity contribution in [1.29, 1.82) is 0 Å². The molecule has 0 radical (unpaired) electrons. The van der Waals surface area contributed by atoms with Crippen LogP contribution in [0.4, 0.5) is 0 Å². The van der Waals surface area contributed by atoms with Gasteiger partial charge >= 0.3 is 5.97 Å². The molecule has 2 rings (SSSR count). The van der Waals surface area contributed by atoms with Crippen molar-refractivity contribution >= 4 is 11.8 Å². The van der Waals surface area contributed by atoms with Crippen LogP contribution in [0.3, 0.4) is 0 Å². The molecule has 0 fully saturated rings. The topological polar surface area (TPSA) is 92.3 Å². The Labute approximate surface area is 109 Å². The van der Waals surface area contributed by atoms with Gasteiger partial charge in [-0.3, -0.25) is 4.79 Å². The normalized spacial score (nSPS) is 10.2. The zero-order chi connectivity index (χ0) is 13.8. The van der Waals surface area contributed by atoms with Gasteiger partial charge in [0.05, 0.1) is 12.8 Å². The second kappa shape index (κ2) is 5.34. The van der Waals surface area contributed by atoms with E-state index >= 15 is 0 Å². The number of carboxylic acid groups (broad SMARTS) is 1. The molecule has 0 atom stereocenters. The summed E-state index contributed by atoms with van der Waals surface area (Å²) in [4.78, 5) is 28.5. The number of nitrogens with one attached hydrogen (secondary N) is 1. The van der Waals surface area contributed by atoms with Crippen LogP contribution in [0.1, 0.15) is 17.4 Å². The first kappa shape index (κ1) is 12.8. The van der Waals surface area contributed by atoms with E-state index in [4.69, 9.17) is 9.84 Å². The first-order chi connectivity index (χ1) is 9.11. The Morgan fingerprint density at radius 2 is 2.21 bits per heavy atom. The predicted molar refractivity (Wildman–Crippen MR) is 67.2 cm³/mol. The van der Waals surface area contributed by atoms with Gasteiger partial charge in [0.2, 0.25) is 0 Å². The van der Waals surface area contributed by atoms with Gasteiger partial charge in [-0.1, -0.05) is 12.1 Å². The Kier molecular flexibility index (Phi) is 3.61. The molecular weight excluding hydrogens is 248 g/mol. The molecule has 6 nitrogen and oxygen atoms in total. The second-order valence-electron chi connectivity index (χ2n) is 3.74. The lowest BCUT2D eigenvalue weighted by atomic mass is 10.2. The molecule has 19 heavy (non-hydrogen) atoms. The van der Waals surface area contributed by atoms with Crippen molar-refractivity contribution in [3.05, 3.63) is 36.2 Å². The molecule has 98 valence electrons. The maximum Gasteiger partial charge on any atom is 0.378 e. The number of hydrogen-bond donors (Lipinski definition) is 2. The van der Waals surface area contributed by atoms with Crippen molar-refractivity contribution in [2.75, 3.05) is 6.61 Å². The first-order valence-corrected chi connectivity index (χ1v) is 5.67. The third-order valence-electron chi connectivity index (χ3n) is 2.43. The van der Waals surface area contributed by atoms with Crippen LogP contribution in [0.25, 0.3) is 11.4 Å². The molecule has 0 aliphatic heterocycles. The van der Waals surface area contributed by atoms with E-state index < -0.39 is 11.8 Å². The van der Waals surface area contributed by atoms with Crippen LogP contribution in [0.15, 0.2) is 30.5 Å². The minimum Gasteiger partial charge on any atom is -0.494 e. The van der Waals surface area contributed by atoms with Gasteiger partial charge in [0.15, 0.2) is 0 Å². The standard InChI is InChI=1S/C13H12N2O4/c1-2-19-9-5-3-4-8(6-9)12-14-7-10(15-12)11(16)13(17)18/h3-7H,2H2,1H3,(H,14,15)(H,17,18). The molecule has 0 spiro atoms. The number of nitrogens with zero attached hydrogens (tertiary/aromatic N) is 1. The van der Waals surface area contributed by atoms with Gasteiger partial charge in [0.25, 0.3) is 5.78 Å². The summed E-state index contributed by atoms with van der Waals surface area (Å²) in [6.07, 6.45) is 1.21. The first-order valence-electron chi connectivity index (χ1n) is 5.67. The molecule has 0 amide bonds. The van der Waals surface area contributed by atoms with Crippen LogP contribution < -0.4 is 4.74 Å². The fourth-order valence-corrected chi connectivity index (χ4v) is 1.60. The Morgan fingerprint density at radius 3 is 2.89 bits per heavy atom. The van der Waals surface area contributed by atoms with E-state index in [1.165, 1.54) is 6.20 Å². The van der Waals surface area contributed by atoms with Crippen molar-refractivity contribution < 1.29 is 19.4 Å². The summed E-state index contributed by atoms with van der Waals surface area (Å²) in [7, 11) is 0. The summed E-state index contributed by atoms with van der Waals surface area (Å²) in [6, 6.07) is 7.15. The van der Waals surface area contributed by atoms with Crippen LogP contribution in [0, 0.1) is 0 Å². The molecule has 2 N–H and O–H groups in total. The van der Waals surface area contributed by atoms with Crippen LogP contribution in [-0.2, 0) is 4.79 Å². The molecule has 0 aliphatic rings. The lowest BCUT2D eigenvalue weighted by molar-refractivity contribution is -0.131. The minimum atomic E-state index is -1.52. The van der Waals surface area contributed by atoms with Crippen molar-refractivity contribution in [1.82, 2.24) is 9.97 Å². The highest BCUT2D eigenvalue weighted by Crippen LogP contribution is 2.21. The summed E-state index contributed by atoms with van der Waals surface area (Å²) in [5.74, 6) is -1.42. The number of aromatic amines is 1. The van der Waals surface area contributed by atoms with Crippen molar-refractivity contribution in [2.45, 2.75) is 6.92 Å². The van der Waals surface area contributed by atoms with Gasteiger partial charge in [0, 0.05) is 5.56 Å². The van der Waals surface area contributed by atoms with Crippen LogP contribution >= 0.6 is 0 Å². The number of aliphatic carboxylic acids is 1. The lowest BCUT2D eigenvalue weighted by Crippen LogP contribution is -2.12. The van der Waals surface area contributed by atoms with Crippen molar-refractivity contribution in [3.8, 4) is 17.1 Å². The maximum absolute atomic E-state index is 11.3. The van der Waals surface area contributed by atoms with E-state index in [2.05, 4.69) is 9.97 Å². The molecule has 0 unspecified atom stereocenters. The summed E-state index contributed by atoms with van der Waals surface area (Å²) in [6.45, 7) is 2.42. The van der Waals surface area contributed by atoms with Crippen molar-refractivity contribution in [3.63, 3.8) is 0 Å². The molecule has 1 aromatic carbocycles. The van der Waals surface area contributed by atoms with E-state index in [-0.39, 0.29) is 5.69 Å². The molecule has 0 saturated carbocycles.